The minimum Gasteiger partial charge on any atom is -0.241 e. The summed E-state index contributed by atoms with van der Waals surface area (Å²) in [6.07, 6.45) is 4.96. The Morgan fingerprint density at radius 3 is 2.79 bits per heavy atom. The monoisotopic (exact) mass is 188 g/mol. The molecule has 0 aliphatic heterocycles. The molecule has 0 saturated heterocycles. The first kappa shape index (κ1) is 9.25. The van der Waals surface area contributed by atoms with Gasteiger partial charge in [0, 0.05) is 12.4 Å². The molecule has 0 fully saturated rings. The van der Waals surface area contributed by atoms with Crippen LogP contribution in [0.3, 0.4) is 0 Å². The van der Waals surface area contributed by atoms with Crippen molar-refractivity contribution >= 4 is 5.52 Å². The largest absolute Gasteiger partial charge is 0.241 e. The Bertz CT molecular complexity index is 435. The van der Waals surface area contributed by atoms with Crippen LogP contribution in [0.1, 0.15) is 26.3 Å². The molecule has 2 aromatic heterocycles. The van der Waals surface area contributed by atoms with E-state index in [9.17, 15) is 0 Å². The van der Waals surface area contributed by atoms with Gasteiger partial charge in [-0.25, -0.2) is 4.52 Å². The smallest absolute Gasteiger partial charge is 0.0664 e. The van der Waals surface area contributed by atoms with E-state index in [1.807, 2.05) is 23.0 Å². The van der Waals surface area contributed by atoms with Crippen LogP contribution in [0.4, 0.5) is 0 Å². The highest BCUT2D eigenvalue weighted by Crippen LogP contribution is 2.21. The third kappa shape index (κ3) is 1.95. The second-order valence-electron chi connectivity index (χ2n) is 4.97. The number of hydrogen-bond donors (Lipinski definition) is 0. The van der Waals surface area contributed by atoms with E-state index in [1.165, 1.54) is 11.1 Å². The quantitative estimate of drug-likeness (QED) is 0.672. The van der Waals surface area contributed by atoms with Gasteiger partial charge in [0.2, 0.25) is 0 Å². The zero-order valence-electron chi connectivity index (χ0n) is 8.99. The fourth-order valence-corrected chi connectivity index (χ4v) is 1.69. The van der Waals surface area contributed by atoms with E-state index in [0.717, 1.165) is 6.42 Å². The lowest BCUT2D eigenvalue weighted by atomic mass is 9.88. The number of nitrogens with zero attached hydrogens (tertiary/aromatic N) is 2. The van der Waals surface area contributed by atoms with Crippen molar-refractivity contribution in [3.63, 3.8) is 0 Å². The maximum absolute atomic E-state index is 4.17. The molecule has 2 heterocycles. The average molecular weight is 188 g/mol. The van der Waals surface area contributed by atoms with Gasteiger partial charge < -0.3 is 0 Å². The predicted octanol–water partition coefficient (Wildman–Crippen LogP) is 2.92. The van der Waals surface area contributed by atoms with Crippen LogP contribution >= 0.6 is 0 Å². The second-order valence-corrected chi connectivity index (χ2v) is 4.97. The summed E-state index contributed by atoms with van der Waals surface area (Å²) < 4.78 is 1.90. The molecule has 0 bridgehead atoms. The fraction of sp³-hybridized carbons (Fsp3) is 0.417. The van der Waals surface area contributed by atoms with Gasteiger partial charge in [-0.1, -0.05) is 20.8 Å². The molecule has 0 saturated carbocycles. The van der Waals surface area contributed by atoms with Crippen LogP contribution in [0.25, 0.3) is 5.52 Å². The summed E-state index contributed by atoms with van der Waals surface area (Å²) in [5.41, 5.74) is 2.90. The first-order valence-electron chi connectivity index (χ1n) is 4.97. The number of rotatable bonds is 1. The number of aromatic nitrogens is 2. The van der Waals surface area contributed by atoms with E-state index in [-0.39, 0.29) is 0 Å². The summed E-state index contributed by atoms with van der Waals surface area (Å²) in [4.78, 5) is 0. The van der Waals surface area contributed by atoms with E-state index >= 15 is 0 Å². The van der Waals surface area contributed by atoms with Crippen LogP contribution in [0, 0.1) is 5.41 Å². The summed E-state index contributed by atoms with van der Waals surface area (Å²) in [6.45, 7) is 6.77. The molecule has 2 aromatic rings. The molecular weight excluding hydrogens is 172 g/mol. The summed E-state index contributed by atoms with van der Waals surface area (Å²) in [5, 5.41) is 4.17. The third-order valence-electron chi connectivity index (χ3n) is 2.20. The van der Waals surface area contributed by atoms with Crippen molar-refractivity contribution < 1.29 is 0 Å². The summed E-state index contributed by atoms with van der Waals surface area (Å²) in [5.74, 6) is 0. The van der Waals surface area contributed by atoms with Crippen molar-refractivity contribution in [3.8, 4) is 0 Å². The molecular formula is C12H16N2. The first-order valence-corrected chi connectivity index (χ1v) is 4.97. The van der Waals surface area contributed by atoms with Crippen molar-refractivity contribution in [2.45, 2.75) is 27.2 Å². The van der Waals surface area contributed by atoms with Gasteiger partial charge >= 0.3 is 0 Å². The lowest BCUT2D eigenvalue weighted by Gasteiger charge is -2.17. The van der Waals surface area contributed by atoms with Crippen molar-refractivity contribution in [2.75, 3.05) is 0 Å². The van der Waals surface area contributed by atoms with E-state index in [1.54, 1.807) is 0 Å². The normalized spacial score (nSPS) is 12.2. The number of fused-ring (bicyclic) bond motifs is 1. The molecule has 0 aliphatic carbocycles. The molecule has 0 unspecified atom stereocenters. The Morgan fingerprint density at radius 2 is 2.07 bits per heavy atom. The Labute approximate surface area is 84.6 Å². The molecule has 0 radical (unpaired) electrons. The highest BCUT2D eigenvalue weighted by atomic mass is 15.2. The Balaban J connectivity index is 2.35. The SMILES string of the molecule is CC(C)(C)Cc1ccn2nccc2c1. The first-order chi connectivity index (χ1) is 6.54. The van der Waals surface area contributed by atoms with Gasteiger partial charge in [0.25, 0.3) is 0 Å². The van der Waals surface area contributed by atoms with Gasteiger partial charge in [0.1, 0.15) is 0 Å². The number of pyridine rings is 1. The van der Waals surface area contributed by atoms with Crippen LogP contribution in [0.15, 0.2) is 30.6 Å². The topological polar surface area (TPSA) is 17.3 Å². The van der Waals surface area contributed by atoms with Crippen molar-refractivity contribution in [1.82, 2.24) is 9.61 Å². The molecule has 0 N–H and O–H groups in total. The van der Waals surface area contributed by atoms with Crippen molar-refractivity contribution in [1.29, 1.82) is 0 Å². The van der Waals surface area contributed by atoms with E-state index in [0.29, 0.717) is 5.41 Å². The molecule has 2 rings (SSSR count). The van der Waals surface area contributed by atoms with Gasteiger partial charge in [-0.15, -0.1) is 0 Å². The third-order valence-corrected chi connectivity index (χ3v) is 2.20. The van der Waals surface area contributed by atoms with Crippen LogP contribution in [-0.2, 0) is 6.42 Å². The van der Waals surface area contributed by atoms with Crippen LogP contribution in [0.5, 0.6) is 0 Å². The molecule has 0 aliphatic rings. The molecule has 74 valence electrons. The van der Waals surface area contributed by atoms with Crippen LogP contribution in [-0.4, -0.2) is 9.61 Å². The molecule has 0 amide bonds. The highest BCUT2D eigenvalue weighted by molar-refractivity contribution is 5.47. The minimum absolute atomic E-state index is 0.346. The minimum atomic E-state index is 0.346. The second kappa shape index (κ2) is 3.12. The zero-order valence-corrected chi connectivity index (χ0v) is 8.99. The maximum Gasteiger partial charge on any atom is 0.0664 e. The summed E-state index contributed by atoms with van der Waals surface area (Å²) in [6, 6.07) is 6.38. The summed E-state index contributed by atoms with van der Waals surface area (Å²) in [7, 11) is 0. The standard InChI is InChI=1S/C12H16N2/c1-12(2,3)9-10-5-7-14-11(8-10)4-6-13-14/h4-8H,9H2,1-3H3. The van der Waals surface area contributed by atoms with Gasteiger partial charge in [-0.3, -0.25) is 0 Å². The maximum atomic E-state index is 4.17. The van der Waals surface area contributed by atoms with Gasteiger partial charge in [0.15, 0.2) is 0 Å². The van der Waals surface area contributed by atoms with E-state index in [2.05, 4.69) is 38.0 Å². The van der Waals surface area contributed by atoms with E-state index < -0.39 is 0 Å². The van der Waals surface area contributed by atoms with Crippen LogP contribution < -0.4 is 0 Å². The molecule has 2 heteroatoms. The van der Waals surface area contributed by atoms with Gasteiger partial charge in [-0.05, 0) is 35.6 Å². The van der Waals surface area contributed by atoms with E-state index in [4.69, 9.17) is 0 Å². The predicted molar refractivity (Wildman–Crippen MR) is 58.4 cm³/mol. The van der Waals surface area contributed by atoms with Crippen molar-refractivity contribution in [3.05, 3.63) is 36.2 Å². The highest BCUT2D eigenvalue weighted by Gasteiger charge is 2.11. The van der Waals surface area contributed by atoms with Crippen molar-refractivity contribution in [2.24, 2.45) is 5.41 Å². The lowest BCUT2D eigenvalue weighted by Crippen LogP contribution is -2.09. The molecule has 0 atom stereocenters. The molecule has 2 nitrogen and oxygen atoms in total. The Kier molecular flexibility index (Phi) is 2.06. The number of hydrogen-bond acceptors (Lipinski definition) is 1. The fourth-order valence-electron chi connectivity index (χ4n) is 1.69. The van der Waals surface area contributed by atoms with Crippen LogP contribution in [0.2, 0.25) is 0 Å². The Morgan fingerprint density at radius 1 is 1.29 bits per heavy atom. The molecule has 0 aromatic carbocycles. The lowest BCUT2D eigenvalue weighted by molar-refractivity contribution is 0.411. The average Bonchev–Trinajstić information content (AvgIpc) is 2.47. The molecule has 14 heavy (non-hydrogen) atoms. The zero-order chi connectivity index (χ0) is 10.2. The van der Waals surface area contributed by atoms with Gasteiger partial charge in [-0.2, -0.15) is 5.10 Å². The Hall–Kier alpha value is -1.31. The van der Waals surface area contributed by atoms with Gasteiger partial charge in [0.05, 0.1) is 5.52 Å². The summed E-state index contributed by atoms with van der Waals surface area (Å²) >= 11 is 0. The molecule has 0 spiro atoms.